The molecule has 1 fully saturated rings. The Morgan fingerprint density at radius 1 is 1.15 bits per heavy atom. The standard InChI is InChI=1S/C17H19N5O4S/c1-12-16(13(2)26-19-12)27(24,25)21-9-7-20(8-10-21)17(23)14-11-18-22-6-4-3-5-15(14)22/h3-6,11H,7-10H2,1-2H3. The van der Waals surface area contributed by atoms with Crippen molar-refractivity contribution in [3.05, 3.63) is 47.6 Å². The van der Waals surface area contributed by atoms with Crippen LogP contribution in [0.3, 0.4) is 0 Å². The maximum absolute atomic E-state index is 12.9. The van der Waals surface area contributed by atoms with E-state index < -0.39 is 10.0 Å². The van der Waals surface area contributed by atoms with E-state index in [0.29, 0.717) is 24.3 Å². The van der Waals surface area contributed by atoms with E-state index in [2.05, 4.69) is 10.3 Å². The third kappa shape index (κ3) is 2.90. The highest BCUT2D eigenvalue weighted by molar-refractivity contribution is 7.89. The minimum Gasteiger partial charge on any atom is -0.360 e. The lowest BCUT2D eigenvalue weighted by Gasteiger charge is -2.33. The van der Waals surface area contributed by atoms with Crippen LogP contribution in [-0.2, 0) is 10.0 Å². The van der Waals surface area contributed by atoms with Gasteiger partial charge in [0.25, 0.3) is 5.91 Å². The first-order chi connectivity index (χ1) is 12.9. The zero-order chi connectivity index (χ0) is 19.2. The van der Waals surface area contributed by atoms with Crippen molar-refractivity contribution in [2.75, 3.05) is 26.2 Å². The number of aryl methyl sites for hydroxylation is 2. The Balaban J connectivity index is 1.51. The molecule has 9 nitrogen and oxygen atoms in total. The molecule has 0 aliphatic carbocycles. The van der Waals surface area contributed by atoms with E-state index in [1.54, 1.807) is 35.7 Å². The average molecular weight is 389 g/mol. The summed E-state index contributed by atoms with van der Waals surface area (Å²) < 4.78 is 33.8. The molecule has 0 N–H and O–H groups in total. The summed E-state index contributed by atoms with van der Waals surface area (Å²) in [6, 6.07) is 5.52. The van der Waals surface area contributed by atoms with Gasteiger partial charge in [-0.05, 0) is 26.0 Å². The lowest BCUT2D eigenvalue weighted by atomic mass is 10.2. The number of carbonyl (C=O) groups excluding carboxylic acids is 1. The number of carbonyl (C=O) groups is 1. The van der Waals surface area contributed by atoms with E-state index in [1.165, 1.54) is 4.31 Å². The Bertz CT molecular complexity index is 1090. The van der Waals surface area contributed by atoms with Gasteiger partial charge in [0.15, 0.2) is 5.76 Å². The molecule has 0 bridgehead atoms. The Hall–Kier alpha value is -2.72. The quantitative estimate of drug-likeness (QED) is 0.665. The molecular weight excluding hydrogens is 370 g/mol. The molecule has 0 aromatic carbocycles. The van der Waals surface area contributed by atoms with Crippen molar-refractivity contribution in [3.63, 3.8) is 0 Å². The molecule has 27 heavy (non-hydrogen) atoms. The van der Waals surface area contributed by atoms with Crippen LogP contribution in [0.5, 0.6) is 0 Å². The summed E-state index contributed by atoms with van der Waals surface area (Å²) in [5.41, 5.74) is 1.59. The van der Waals surface area contributed by atoms with E-state index in [9.17, 15) is 13.2 Å². The van der Waals surface area contributed by atoms with Crippen molar-refractivity contribution in [3.8, 4) is 0 Å². The Kier molecular flexibility index (Phi) is 4.23. The highest BCUT2D eigenvalue weighted by Crippen LogP contribution is 2.24. The number of hydrogen-bond acceptors (Lipinski definition) is 6. The first-order valence-corrected chi connectivity index (χ1v) is 9.98. The smallest absolute Gasteiger partial charge is 0.257 e. The predicted octanol–water partition coefficient (Wildman–Crippen LogP) is 1.09. The third-order valence-electron chi connectivity index (χ3n) is 4.75. The van der Waals surface area contributed by atoms with Gasteiger partial charge in [-0.3, -0.25) is 4.79 Å². The molecule has 10 heteroatoms. The fourth-order valence-corrected chi connectivity index (χ4v) is 5.09. The molecular formula is C17H19N5O4S. The number of piperazine rings is 1. The summed E-state index contributed by atoms with van der Waals surface area (Å²) in [5.74, 6) is 0.128. The lowest BCUT2D eigenvalue weighted by Crippen LogP contribution is -2.50. The predicted molar refractivity (Wildman–Crippen MR) is 95.8 cm³/mol. The maximum Gasteiger partial charge on any atom is 0.257 e. The van der Waals surface area contributed by atoms with Gasteiger partial charge in [-0.1, -0.05) is 11.2 Å². The molecule has 0 spiro atoms. The Morgan fingerprint density at radius 2 is 1.89 bits per heavy atom. The zero-order valence-corrected chi connectivity index (χ0v) is 15.8. The van der Waals surface area contributed by atoms with Crippen molar-refractivity contribution in [2.24, 2.45) is 0 Å². The van der Waals surface area contributed by atoms with Gasteiger partial charge in [0.2, 0.25) is 10.0 Å². The number of hydrogen-bond donors (Lipinski definition) is 0. The maximum atomic E-state index is 12.9. The molecule has 1 aliphatic rings. The van der Waals surface area contributed by atoms with E-state index in [0.717, 1.165) is 5.52 Å². The molecule has 142 valence electrons. The van der Waals surface area contributed by atoms with Crippen molar-refractivity contribution >= 4 is 21.4 Å². The molecule has 0 saturated carbocycles. The van der Waals surface area contributed by atoms with E-state index >= 15 is 0 Å². The van der Waals surface area contributed by atoms with Crippen LogP contribution in [0.15, 0.2) is 40.0 Å². The van der Waals surface area contributed by atoms with Crippen LogP contribution in [0.25, 0.3) is 5.52 Å². The second kappa shape index (κ2) is 6.46. The molecule has 3 aromatic rings. The normalized spacial score (nSPS) is 16.1. The topological polar surface area (TPSA) is 101 Å². The van der Waals surface area contributed by atoms with Crippen LogP contribution in [0, 0.1) is 13.8 Å². The number of amides is 1. The van der Waals surface area contributed by atoms with Gasteiger partial charge in [-0.15, -0.1) is 0 Å². The minimum atomic E-state index is -3.69. The first-order valence-electron chi connectivity index (χ1n) is 8.54. The molecule has 0 atom stereocenters. The van der Waals surface area contributed by atoms with Gasteiger partial charge >= 0.3 is 0 Å². The van der Waals surface area contributed by atoms with Crippen LogP contribution in [0.4, 0.5) is 0 Å². The van der Waals surface area contributed by atoms with Gasteiger partial charge in [-0.2, -0.15) is 9.40 Å². The minimum absolute atomic E-state index is 0.116. The Labute approximate surface area is 156 Å². The van der Waals surface area contributed by atoms with Crippen LogP contribution in [-0.4, -0.2) is 64.5 Å². The number of sulfonamides is 1. The van der Waals surface area contributed by atoms with Crippen molar-refractivity contribution in [2.45, 2.75) is 18.7 Å². The molecule has 1 amide bonds. The molecule has 1 aliphatic heterocycles. The van der Waals surface area contributed by atoms with Crippen LogP contribution in [0.1, 0.15) is 21.8 Å². The highest BCUT2D eigenvalue weighted by Gasteiger charge is 2.34. The van der Waals surface area contributed by atoms with Crippen molar-refractivity contribution in [1.82, 2.24) is 24.0 Å². The number of fused-ring (bicyclic) bond motifs is 1. The van der Waals surface area contributed by atoms with E-state index in [4.69, 9.17) is 4.52 Å². The average Bonchev–Trinajstić information content (AvgIpc) is 3.24. The first kappa shape index (κ1) is 17.7. The number of nitrogens with zero attached hydrogens (tertiary/aromatic N) is 5. The van der Waals surface area contributed by atoms with Gasteiger partial charge in [0.1, 0.15) is 10.6 Å². The van der Waals surface area contributed by atoms with Gasteiger partial charge in [0.05, 0.1) is 17.3 Å². The second-order valence-corrected chi connectivity index (χ2v) is 8.31. The fourth-order valence-electron chi connectivity index (χ4n) is 3.37. The van der Waals surface area contributed by atoms with Crippen molar-refractivity contribution < 1.29 is 17.7 Å². The molecule has 1 saturated heterocycles. The second-order valence-electron chi connectivity index (χ2n) is 6.44. The summed E-state index contributed by atoms with van der Waals surface area (Å²) in [7, 11) is -3.69. The summed E-state index contributed by atoms with van der Waals surface area (Å²) in [5, 5.41) is 7.92. The summed E-state index contributed by atoms with van der Waals surface area (Å²) >= 11 is 0. The Morgan fingerprint density at radius 3 is 2.56 bits per heavy atom. The van der Waals surface area contributed by atoms with E-state index in [1.807, 2.05) is 18.2 Å². The van der Waals surface area contributed by atoms with Crippen LogP contribution >= 0.6 is 0 Å². The van der Waals surface area contributed by atoms with Gasteiger partial charge in [0, 0.05) is 32.4 Å². The van der Waals surface area contributed by atoms with Crippen LogP contribution < -0.4 is 0 Å². The molecule has 4 rings (SSSR count). The van der Waals surface area contributed by atoms with E-state index in [-0.39, 0.29) is 29.7 Å². The van der Waals surface area contributed by atoms with Gasteiger partial charge in [-0.25, -0.2) is 12.9 Å². The number of rotatable bonds is 3. The molecule has 4 heterocycles. The zero-order valence-electron chi connectivity index (χ0n) is 15.0. The number of pyridine rings is 1. The molecule has 3 aromatic heterocycles. The molecule has 0 radical (unpaired) electrons. The number of aromatic nitrogens is 3. The molecule has 0 unspecified atom stereocenters. The highest BCUT2D eigenvalue weighted by atomic mass is 32.2. The van der Waals surface area contributed by atoms with Crippen molar-refractivity contribution in [1.29, 1.82) is 0 Å². The SMILES string of the molecule is Cc1noc(C)c1S(=O)(=O)N1CCN(C(=O)c2cnn3ccccc23)CC1. The summed E-state index contributed by atoms with van der Waals surface area (Å²) in [6.07, 6.45) is 3.32. The third-order valence-corrected chi connectivity index (χ3v) is 6.89. The fraction of sp³-hybridized carbons (Fsp3) is 0.353. The lowest BCUT2D eigenvalue weighted by molar-refractivity contribution is 0.0699. The van der Waals surface area contributed by atoms with Gasteiger partial charge < -0.3 is 9.42 Å². The monoisotopic (exact) mass is 389 g/mol. The van der Waals surface area contributed by atoms with Crippen LogP contribution in [0.2, 0.25) is 0 Å². The largest absolute Gasteiger partial charge is 0.360 e. The summed E-state index contributed by atoms with van der Waals surface area (Å²) in [4.78, 5) is 14.6. The summed E-state index contributed by atoms with van der Waals surface area (Å²) in [6.45, 7) is 4.25.